The number of hydrogen-bond acceptors (Lipinski definition) is 4. The second kappa shape index (κ2) is 10.8. The van der Waals surface area contributed by atoms with Crippen LogP contribution in [0.15, 0.2) is 48.5 Å². The maximum absolute atomic E-state index is 12.4. The number of ether oxygens (including phenoxy) is 1. The van der Waals surface area contributed by atoms with E-state index in [0.29, 0.717) is 6.42 Å². The fraction of sp³-hybridized carbons (Fsp3) is 0.400. The van der Waals surface area contributed by atoms with Crippen molar-refractivity contribution >= 4 is 18.0 Å². The van der Waals surface area contributed by atoms with Crippen LogP contribution in [0.3, 0.4) is 0 Å². The Kier molecular flexibility index (Phi) is 7.87. The van der Waals surface area contributed by atoms with Crippen molar-refractivity contribution in [3.63, 3.8) is 0 Å². The normalized spacial score (nSPS) is 14.1. The third-order valence-electron chi connectivity index (χ3n) is 5.75. The first-order valence-electron chi connectivity index (χ1n) is 11.0. The predicted molar refractivity (Wildman–Crippen MR) is 121 cm³/mol. The van der Waals surface area contributed by atoms with Crippen molar-refractivity contribution in [1.82, 2.24) is 10.6 Å². The zero-order valence-electron chi connectivity index (χ0n) is 18.5. The summed E-state index contributed by atoms with van der Waals surface area (Å²) in [6, 6.07) is 15.8. The van der Waals surface area contributed by atoms with E-state index in [9.17, 15) is 14.4 Å². The molecule has 0 heterocycles. The van der Waals surface area contributed by atoms with E-state index in [4.69, 9.17) is 9.84 Å². The number of fused-ring (bicyclic) bond motifs is 3. The molecule has 3 N–H and O–H groups in total. The number of carboxylic acid groups (broad SMARTS) is 1. The highest BCUT2D eigenvalue weighted by atomic mass is 16.5. The molecule has 2 aromatic rings. The molecule has 0 saturated carbocycles. The number of aliphatic carboxylic acids is 1. The summed E-state index contributed by atoms with van der Waals surface area (Å²) in [5.41, 5.74) is 4.58. The number of amides is 2. The summed E-state index contributed by atoms with van der Waals surface area (Å²) in [4.78, 5) is 35.6. The lowest BCUT2D eigenvalue weighted by atomic mass is 9.98. The number of nitrogens with one attached hydrogen (secondary N) is 2. The van der Waals surface area contributed by atoms with E-state index in [-0.39, 0.29) is 31.4 Å². The van der Waals surface area contributed by atoms with E-state index >= 15 is 0 Å². The van der Waals surface area contributed by atoms with Crippen molar-refractivity contribution in [3.05, 3.63) is 59.7 Å². The summed E-state index contributed by atoms with van der Waals surface area (Å²) in [5.74, 6) is -1.78. The van der Waals surface area contributed by atoms with Crippen molar-refractivity contribution in [1.29, 1.82) is 0 Å². The summed E-state index contributed by atoms with van der Waals surface area (Å²) in [5, 5.41) is 14.4. The number of carbonyl (C=O) groups excluding carboxylic acids is 2. The highest BCUT2D eigenvalue weighted by molar-refractivity contribution is 5.81. The Morgan fingerprint density at radius 2 is 1.62 bits per heavy atom. The average molecular weight is 439 g/mol. The topological polar surface area (TPSA) is 105 Å². The molecule has 7 nitrogen and oxygen atoms in total. The van der Waals surface area contributed by atoms with Crippen LogP contribution in [0.2, 0.25) is 0 Å². The molecule has 2 atom stereocenters. The van der Waals surface area contributed by atoms with Crippen molar-refractivity contribution < 1.29 is 24.2 Å². The first-order valence-corrected chi connectivity index (χ1v) is 11.0. The quantitative estimate of drug-likeness (QED) is 0.521. The lowest BCUT2D eigenvalue weighted by molar-refractivity contribution is -0.137. The molecule has 0 fully saturated rings. The molecule has 1 unspecified atom stereocenters. The van der Waals surface area contributed by atoms with Gasteiger partial charge in [0.15, 0.2) is 0 Å². The van der Waals surface area contributed by atoms with Gasteiger partial charge in [0.05, 0.1) is 12.3 Å². The van der Waals surface area contributed by atoms with Gasteiger partial charge in [0, 0.05) is 18.5 Å². The average Bonchev–Trinajstić information content (AvgIpc) is 3.09. The number of carboxylic acids is 1. The third kappa shape index (κ3) is 5.66. The lowest BCUT2D eigenvalue weighted by Crippen LogP contribution is -2.43. The van der Waals surface area contributed by atoms with E-state index in [0.717, 1.165) is 28.7 Å². The monoisotopic (exact) mass is 438 g/mol. The van der Waals surface area contributed by atoms with Crippen LogP contribution in [0.4, 0.5) is 4.79 Å². The van der Waals surface area contributed by atoms with E-state index in [1.807, 2.05) is 31.2 Å². The van der Waals surface area contributed by atoms with Gasteiger partial charge in [-0.05, 0) is 28.7 Å². The molecule has 0 radical (unpaired) electrons. The van der Waals surface area contributed by atoms with Crippen LogP contribution in [0.5, 0.6) is 0 Å². The molecule has 0 bridgehead atoms. The summed E-state index contributed by atoms with van der Waals surface area (Å²) in [6.07, 6.45) is 0.656. The van der Waals surface area contributed by atoms with Gasteiger partial charge in [-0.25, -0.2) is 4.79 Å². The zero-order chi connectivity index (χ0) is 23.1. The number of hydrogen-bond donors (Lipinski definition) is 3. The lowest BCUT2D eigenvalue weighted by Gasteiger charge is -2.20. The van der Waals surface area contributed by atoms with Gasteiger partial charge in [-0.15, -0.1) is 0 Å². The molecule has 0 aromatic heterocycles. The van der Waals surface area contributed by atoms with Gasteiger partial charge < -0.3 is 20.5 Å². The molecule has 32 heavy (non-hydrogen) atoms. The van der Waals surface area contributed by atoms with Gasteiger partial charge in [0.2, 0.25) is 5.91 Å². The summed E-state index contributed by atoms with van der Waals surface area (Å²) < 4.78 is 5.48. The van der Waals surface area contributed by atoms with Crippen LogP contribution in [0.25, 0.3) is 11.1 Å². The summed E-state index contributed by atoms with van der Waals surface area (Å²) >= 11 is 0. The van der Waals surface area contributed by atoms with Gasteiger partial charge in [-0.3, -0.25) is 9.59 Å². The minimum absolute atomic E-state index is 0.0281. The van der Waals surface area contributed by atoms with E-state index in [1.54, 1.807) is 6.92 Å². The number of carbonyl (C=O) groups is 3. The fourth-order valence-corrected chi connectivity index (χ4v) is 4.11. The smallest absolute Gasteiger partial charge is 0.407 e. The third-order valence-corrected chi connectivity index (χ3v) is 5.75. The molecule has 3 rings (SSSR count). The van der Waals surface area contributed by atoms with Gasteiger partial charge in [-0.1, -0.05) is 68.8 Å². The molecular weight excluding hydrogens is 408 g/mol. The predicted octanol–water partition coefficient (Wildman–Crippen LogP) is 3.92. The molecule has 2 amide bonds. The molecule has 0 spiro atoms. The van der Waals surface area contributed by atoms with E-state index in [2.05, 4.69) is 34.9 Å². The molecule has 2 aromatic carbocycles. The van der Waals surface area contributed by atoms with Crippen LogP contribution in [-0.2, 0) is 14.3 Å². The minimum Gasteiger partial charge on any atom is -0.481 e. The van der Waals surface area contributed by atoms with Gasteiger partial charge in [0.1, 0.15) is 6.61 Å². The second-order valence-corrected chi connectivity index (χ2v) is 8.20. The largest absolute Gasteiger partial charge is 0.481 e. The molecule has 0 aliphatic heterocycles. The number of alkyl carbamates (subject to hydrolysis) is 1. The molecule has 1 aliphatic carbocycles. The fourth-order valence-electron chi connectivity index (χ4n) is 4.11. The Balaban J connectivity index is 1.50. The molecule has 0 saturated heterocycles. The second-order valence-electron chi connectivity index (χ2n) is 8.20. The number of rotatable bonds is 10. The van der Waals surface area contributed by atoms with Gasteiger partial charge in [-0.2, -0.15) is 0 Å². The summed E-state index contributed by atoms with van der Waals surface area (Å²) in [6.45, 7) is 3.93. The molecule has 170 valence electrons. The Morgan fingerprint density at radius 3 is 2.19 bits per heavy atom. The Bertz CT molecular complexity index is 929. The highest BCUT2D eigenvalue weighted by Crippen LogP contribution is 2.44. The van der Waals surface area contributed by atoms with Gasteiger partial charge in [0.25, 0.3) is 0 Å². The van der Waals surface area contributed by atoms with Crippen LogP contribution in [0.1, 0.15) is 50.2 Å². The van der Waals surface area contributed by atoms with Crippen LogP contribution in [-0.4, -0.2) is 42.3 Å². The van der Waals surface area contributed by atoms with Gasteiger partial charge >= 0.3 is 12.1 Å². The first kappa shape index (κ1) is 23.3. The molecular formula is C25H30N2O5. The Labute approximate surface area is 188 Å². The maximum atomic E-state index is 12.4. The van der Waals surface area contributed by atoms with Crippen molar-refractivity contribution in [2.45, 2.75) is 45.1 Å². The first-order chi connectivity index (χ1) is 15.4. The van der Waals surface area contributed by atoms with Crippen LogP contribution >= 0.6 is 0 Å². The van der Waals surface area contributed by atoms with E-state index < -0.39 is 24.0 Å². The molecule has 1 aliphatic rings. The van der Waals surface area contributed by atoms with E-state index in [1.165, 1.54) is 0 Å². The van der Waals surface area contributed by atoms with Crippen molar-refractivity contribution in [2.75, 3.05) is 13.2 Å². The Morgan fingerprint density at radius 1 is 1.03 bits per heavy atom. The number of benzene rings is 2. The highest BCUT2D eigenvalue weighted by Gasteiger charge is 2.29. The molecule has 7 heteroatoms. The van der Waals surface area contributed by atoms with Crippen LogP contribution < -0.4 is 10.6 Å². The standard InChI is InChI=1S/C25H30N2O5/c1-3-8-17(13-23(28)29)27-24(30)16(2)14-26-25(31)32-15-22-20-11-6-4-9-18(20)19-10-5-7-12-21(19)22/h4-7,9-12,16-17,22H,3,8,13-15H2,1-2H3,(H,26,31)(H,27,30)(H,28,29)/t16?,17-/m1/s1. The van der Waals surface area contributed by atoms with Crippen LogP contribution in [0, 0.1) is 5.92 Å². The zero-order valence-corrected chi connectivity index (χ0v) is 18.5. The SMILES string of the molecule is CCC[C@H](CC(=O)O)NC(=O)C(C)CNC(=O)OCC1c2ccccc2-c2ccccc21. The minimum atomic E-state index is -0.951. The maximum Gasteiger partial charge on any atom is 0.407 e. The summed E-state index contributed by atoms with van der Waals surface area (Å²) in [7, 11) is 0. The van der Waals surface area contributed by atoms with Crippen molar-refractivity contribution in [2.24, 2.45) is 5.92 Å². The van der Waals surface area contributed by atoms with Crippen molar-refractivity contribution in [3.8, 4) is 11.1 Å². The Hall–Kier alpha value is -3.35.